The fourth-order valence-corrected chi connectivity index (χ4v) is 12.0. The first-order chi connectivity index (χ1) is 29.1. The third kappa shape index (κ3) is 4.77. The molecule has 4 heteroatoms. The predicted molar refractivity (Wildman–Crippen MR) is 243 cm³/mol. The molecule has 0 amide bonds. The van der Waals surface area contributed by atoms with Gasteiger partial charge < -0.3 is 9.80 Å². The van der Waals surface area contributed by atoms with Crippen molar-refractivity contribution in [1.29, 1.82) is 0 Å². The van der Waals surface area contributed by atoms with Gasteiger partial charge in [0.1, 0.15) is 0 Å². The van der Waals surface area contributed by atoms with Gasteiger partial charge in [-0.25, -0.2) is 9.97 Å². The first-order valence-electron chi connectivity index (χ1n) is 21.9. The first-order valence-corrected chi connectivity index (χ1v) is 21.9. The van der Waals surface area contributed by atoms with E-state index in [4.69, 9.17) is 9.97 Å². The van der Waals surface area contributed by atoms with Crippen LogP contribution < -0.4 is 20.4 Å². The highest BCUT2D eigenvalue weighted by Crippen LogP contribution is 2.55. The molecule has 3 heterocycles. The Labute approximate surface area is 346 Å². The lowest BCUT2D eigenvalue weighted by Gasteiger charge is -2.37. The molecule has 0 saturated heterocycles. The van der Waals surface area contributed by atoms with Gasteiger partial charge in [0.2, 0.25) is 5.95 Å². The van der Waals surface area contributed by atoms with E-state index >= 15 is 0 Å². The van der Waals surface area contributed by atoms with E-state index in [9.17, 15) is 0 Å². The molecular weight excluding hydrogens is 717 g/mol. The van der Waals surface area contributed by atoms with Crippen molar-refractivity contribution >= 4 is 40.1 Å². The molecule has 13 rings (SSSR count). The molecule has 4 aromatic rings. The highest BCUT2D eigenvalue weighted by molar-refractivity contribution is 6.02. The quantitative estimate of drug-likeness (QED) is 0.207. The number of hydrogen-bond acceptors (Lipinski definition) is 4. The fourth-order valence-electron chi connectivity index (χ4n) is 12.0. The van der Waals surface area contributed by atoms with Crippen LogP contribution in [0, 0.1) is 5.41 Å². The Morgan fingerprint density at radius 2 is 1.54 bits per heavy atom. The van der Waals surface area contributed by atoms with Crippen LogP contribution in [-0.2, 0) is 0 Å². The van der Waals surface area contributed by atoms with Gasteiger partial charge >= 0.3 is 0 Å². The number of nitrogens with zero attached hydrogens (tertiary/aromatic N) is 4. The monoisotopic (exact) mass is 762 g/mol. The van der Waals surface area contributed by atoms with Gasteiger partial charge in [-0.1, -0.05) is 134 Å². The van der Waals surface area contributed by atoms with Crippen LogP contribution in [0.3, 0.4) is 0 Å². The second-order valence-electron chi connectivity index (χ2n) is 17.9. The number of rotatable bonds is 4. The summed E-state index contributed by atoms with van der Waals surface area (Å²) in [7, 11) is 0. The fraction of sp³-hybridized carbons (Fsp3) is 0.236. The van der Waals surface area contributed by atoms with Crippen LogP contribution >= 0.6 is 0 Å². The minimum Gasteiger partial charge on any atom is -0.337 e. The van der Waals surface area contributed by atoms with Gasteiger partial charge in [-0.05, 0) is 114 Å². The van der Waals surface area contributed by atoms with E-state index in [2.05, 4.69) is 175 Å². The van der Waals surface area contributed by atoms with Gasteiger partial charge in [-0.2, -0.15) is 0 Å². The molecule has 0 bridgehead atoms. The molecule has 0 radical (unpaired) electrons. The summed E-state index contributed by atoms with van der Waals surface area (Å²) in [4.78, 5) is 16.3. The number of benzene rings is 3. The Kier molecular flexibility index (Phi) is 7.21. The number of fused-ring (bicyclic) bond motifs is 9. The summed E-state index contributed by atoms with van der Waals surface area (Å²) in [5.74, 6) is 1.92. The maximum Gasteiger partial charge on any atom is 0.231 e. The summed E-state index contributed by atoms with van der Waals surface area (Å²) in [6.07, 6.45) is 48.4. The van der Waals surface area contributed by atoms with Gasteiger partial charge in [-0.15, -0.1) is 0 Å². The molecule has 2 aliphatic heterocycles. The largest absolute Gasteiger partial charge is 0.337 e. The maximum absolute atomic E-state index is 5.70. The summed E-state index contributed by atoms with van der Waals surface area (Å²) in [6.45, 7) is 2.44. The minimum absolute atomic E-state index is 0.0393. The predicted octanol–water partition coefficient (Wildman–Crippen LogP) is 11.0. The third-order valence-corrected chi connectivity index (χ3v) is 14.8. The summed E-state index contributed by atoms with van der Waals surface area (Å²) in [6, 6.07) is 19.2. The van der Waals surface area contributed by atoms with E-state index in [-0.39, 0.29) is 11.5 Å². The molecule has 4 nitrogen and oxygen atoms in total. The van der Waals surface area contributed by atoms with Crippen molar-refractivity contribution in [1.82, 2.24) is 9.97 Å². The van der Waals surface area contributed by atoms with Gasteiger partial charge in [0.15, 0.2) is 0 Å². The van der Waals surface area contributed by atoms with Crippen molar-refractivity contribution < 1.29 is 0 Å². The summed E-state index contributed by atoms with van der Waals surface area (Å²) in [5.41, 5.74) is 14.4. The normalized spacial score (nSPS) is 28.5. The van der Waals surface area contributed by atoms with E-state index in [1.807, 2.05) is 0 Å². The van der Waals surface area contributed by atoms with E-state index in [1.165, 1.54) is 72.0 Å². The van der Waals surface area contributed by atoms with Crippen molar-refractivity contribution in [2.24, 2.45) is 5.41 Å². The zero-order valence-electron chi connectivity index (χ0n) is 33.4. The molecule has 6 unspecified atom stereocenters. The Morgan fingerprint density at radius 3 is 2.42 bits per heavy atom. The molecule has 0 spiro atoms. The zero-order chi connectivity index (χ0) is 38.8. The number of anilines is 2. The molecule has 7 aliphatic carbocycles. The molecular formula is C55H46N4. The van der Waals surface area contributed by atoms with E-state index in [0.717, 1.165) is 55.5 Å². The van der Waals surface area contributed by atoms with Gasteiger partial charge in [0.25, 0.3) is 0 Å². The number of allylic oxidation sites excluding steroid dienone is 14. The molecule has 59 heavy (non-hydrogen) atoms. The van der Waals surface area contributed by atoms with Crippen LogP contribution in [0.4, 0.5) is 11.6 Å². The van der Waals surface area contributed by atoms with E-state index in [0.29, 0.717) is 23.8 Å². The first kappa shape index (κ1) is 33.7. The smallest absolute Gasteiger partial charge is 0.231 e. The highest BCUT2D eigenvalue weighted by Gasteiger charge is 2.50. The molecule has 3 aromatic carbocycles. The summed E-state index contributed by atoms with van der Waals surface area (Å²) >= 11 is 0. The zero-order valence-corrected chi connectivity index (χ0v) is 33.4. The second-order valence-corrected chi connectivity index (χ2v) is 17.9. The average Bonchev–Trinajstić information content (AvgIpc) is 3.90. The lowest BCUT2D eigenvalue weighted by molar-refractivity contribution is 0.461. The van der Waals surface area contributed by atoms with Crippen molar-refractivity contribution in [2.75, 3.05) is 9.80 Å². The average molecular weight is 763 g/mol. The van der Waals surface area contributed by atoms with Crippen LogP contribution in [0.25, 0.3) is 39.8 Å². The minimum atomic E-state index is -0.172. The van der Waals surface area contributed by atoms with Crippen molar-refractivity contribution in [3.05, 3.63) is 196 Å². The van der Waals surface area contributed by atoms with E-state index < -0.39 is 0 Å². The van der Waals surface area contributed by atoms with Gasteiger partial charge in [-0.3, -0.25) is 0 Å². The lowest BCUT2D eigenvalue weighted by atomic mass is 9.71. The van der Waals surface area contributed by atoms with Crippen LogP contribution in [0.2, 0.25) is 0 Å². The van der Waals surface area contributed by atoms with Crippen molar-refractivity contribution in [2.45, 2.75) is 75.3 Å². The van der Waals surface area contributed by atoms with Crippen molar-refractivity contribution in [3.63, 3.8) is 0 Å². The standard InChI is InChI=1S/C55H46N4/c1-55-31-30-35(34-26-29-49-45(32-34)39-18-8-11-24-48(39)58(49)36-14-3-2-4-15-36)33-51(55)59(50-25-12-9-22-46(50)55)54-56-47-23-10-7-19-44(47)53(57-54)43-28-27-42-38-17-6-5-16-37(38)40-20-13-21-41(43)52(40)42/h2-3,5-6,8,11-14,16-21,23-33,37-39,48,51H,4,7,9-10,15,22H2,1H3. The Morgan fingerprint density at radius 1 is 0.712 bits per heavy atom. The van der Waals surface area contributed by atoms with Crippen LogP contribution in [0.5, 0.6) is 0 Å². The van der Waals surface area contributed by atoms with Crippen LogP contribution in [0.1, 0.15) is 85.5 Å². The molecule has 9 aliphatic rings. The Bertz CT molecular complexity index is 2990. The SMILES string of the molecule is CC12C=CC(c3ccc4c(c3)C3C=CC=CC3N4C3=CC=CCC3)=CC1N(c1nc(-c3ccc4c5c(cccc35)C3C=CC=CC43)c3c(n1)=CCCC=3)C1=C2CCC=C1. The molecule has 6 atom stereocenters. The molecule has 286 valence electrons. The van der Waals surface area contributed by atoms with Crippen LogP contribution in [0.15, 0.2) is 163 Å². The maximum atomic E-state index is 5.70. The summed E-state index contributed by atoms with van der Waals surface area (Å²) < 4.78 is 0. The van der Waals surface area contributed by atoms with Gasteiger partial charge in [0.05, 0.1) is 23.1 Å². The second kappa shape index (κ2) is 12.6. The molecule has 0 fully saturated rings. The topological polar surface area (TPSA) is 32.3 Å². The summed E-state index contributed by atoms with van der Waals surface area (Å²) in [5, 5.41) is 4.93. The van der Waals surface area contributed by atoms with Crippen LogP contribution in [-0.4, -0.2) is 22.1 Å². The third-order valence-electron chi connectivity index (χ3n) is 14.8. The molecule has 1 aromatic heterocycles. The van der Waals surface area contributed by atoms with E-state index in [1.54, 1.807) is 0 Å². The Balaban J connectivity index is 0.955. The highest BCUT2D eigenvalue weighted by atomic mass is 15.3. The number of aromatic nitrogens is 2. The lowest BCUT2D eigenvalue weighted by Crippen LogP contribution is -2.42. The van der Waals surface area contributed by atoms with Crippen molar-refractivity contribution in [3.8, 4) is 11.3 Å². The molecule has 0 saturated carbocycles. The molecule has 0 N–H and O–H groups in total. The number of hydrogen-bond donors (Lipinski definition) is 0. The van der Waals surface area contributed by atoms with Gasteiger partial charge in [0, 0.05) is 51.0 Å². The Hall–Kier alpha value is -6.26.